The number of urea groups is 1. The molecule has 1 aliphatic rings. The van der Waals surface area contributed by atoms with Crippen LogP contribution in [0, 0.1) is 5.92 Å². The van der Waals surface area contributed by atoms with Gasteiger partial charge in [-0.3, -0.25) is 4.79 Å². The van der Waals surface area contributed by atoms with Crippen LogP contribution in [0.15, 0.2) is 0 Å². The summed E-state index contributed by atoms with van der Waals surface area (Å²) in [5, 5.41) is 11.6. The number of carbonyl (C=O) groups excluding carboxylic acids is 1. The fraction of sp³-hybridized carbons (Fsp3) is 0.833. The van der Waals surface area contributed by atoms with Gasteiger partial charge in [0, 0.05) is 32.2 Å². The van der Waals surface area contributed by atoms with Crippen molar-refractivity contribution >= 4 is 12.0 Å². The number of piperazine rings is 1. The van der Waals surface area contributed by atoms with E-state index in [0.717, 1.165) is 19.6 Å². The molecule has 0 radical (unpaired) electrons. The number of carboxylic acid groups (broad SMARTS) is 1. The number of rotatable bonds is 4. The zero-order chi connectivity index (χ0) is 13.7. The maximum atomic E-state index is 11.9. The molecular formula is C12H23N3O3. The molecule has 1 saturated heterocycles. The number of amides is 2. The molecule has 6 heteroatoms. The van der Waals surface area contributed by atoms with E-state index in [2.05, 4.69) is 17.1 Å². The molecule has 2 unspecified atom stereocenters. The summed E-state index contributed by atoms with van der Waals surface area (Å²) >= 11 is 0. The molecule has 0 aromatic carbocycles. The first-order valence-corrected chi connectivity index (χ1v) is 6.46. The number of carboxylic acids is 1. The maximum Gasteiger partial charge on any atom is 0.317 e. The van der Waals surface area contributed by atoms with E-state index in [1.54, 1.807) is 18.7 Å². The average Bonchev–Trinajstić information content (AvgIpc) is 2.37. The van der Waals surface area contributed by atoms with Gasteiger partial charge in [-0.1, -0.05) is 6.92 Å². The summed E-state index contributed by atoms with van der Waals surface area (Å²) < 4.78 is 0. The predicted octanol–water partition coefficient (Wildman–Crippen LogP) is 0.443. The number of likely N-dealkylation sites (N-methyl/N-ethyl adjacent to an activating group) is 1. The molecule has 2 amide bonds. The van der Waals surface area contributed by atoms with E-state index in [9.17, 15) is 9.59 Å². The van der Waals surface area contributed by atoms with Crippen LogP contribution in [0.3, 0.4) is 0 Å². The monoisotopic (exact) mass is 257 g/mol. The highest BCUT2D eigenvalue weighted by Gasteiger charge is 2.25. The van der Waals surface area contributed by atoms with Crippen molar-refractivity contribution in [3.05, 3.63) is 0 Å². The number of hydrogen-bond donors (Lipinski definition) is 2. The van der Waals surface area contributed by atoms with Crippen LogP contribution in [0.1, 0.15) is 20.8 Å². The summed E-state index contributed by atoms with van der Waals surface area (Å²) in [6.45, 7) is 9.59. The Kier molecular flexibility index (Phi) is 5.40. The molecule has 0 spiro atoms. The van der Waals surface area contributed by atoms with Gasteiger partial charge < -0.3 is 20.2 Å². The summed E-state index contributed by atoms with van der Waals surface area (Å²) in [5.41, 5.74) is 0. The van der Waals surface area contributed by atoms with Crippen LogP contribution in [0.25, 0.3) is 0 Å². The third kappa shape index (κ3) is 3.87. The first kappa shape index (κ1) is 14.8. The minimum absolute atomic E-state index is 0.161. The standard InChI is InChI=1S/C12H23N3O3/c1-4-14-5-7-15(8-6-14)12(18)13-10(3)9(2)11(16)17/h9-10H,4-8H2,1-3H3,(H,13,18)(H,16,17). The molecule has 1 aliphatic heterocycles. The molecule has 1 heterocycles. The van der Waals surface area contributed by atoms with Crippen molar-refractivity contribution in [3.63, 3.8) is 0 Å². The van der Waals surface area contributed by atoms with Crippen molar-refractivity contribution in [2.24, 2.45) is 5.92 Å². The highest BCUT2D eigenvalue weighted by atomic mass is 16.4. The summed E-state index contributed by atoms with van der Waals surface area (Å²) in [5.74, 6) is -1.47. The Morgan fingerprint density at radius 1 is 1.22 bits per heavy atom. The minimum Gasteiger partial charge on any atom is -0.481 e. The van der Waals surface area contributed by atoms with Crippen LogP contribution in [0.4, 0.5) is 4.79 Å². The summed E-state index contributed by atoms with van der Waals surface area (Å²) in [6, 6.07) is -0.523. The van der Waals surface area contributed by atoms with Crippen molar-refractivity contribution in [1.82, 2.24) is 15.1 Å². The third-order valence-corrected chi connectivity index (χ3v) is 3.60. The fourth-order valence-corrected chi connectivity index (χ4v) is 1.89. The average molecular weight is 257 g/mol. The highest BCUT2D eigenvalue weighted by molar-refractivity contribution is 5.76. The predicted molar refractivity (Wildman–Crippen MR) is 68.5 cm³/mol. The van der Waals surface area contributed by atoms with E-state index in [-0.39, 0.29) is 12.1 Å². The lowest BCUT2D eigenvalue weighted by atomic mass is 10.0. The quantitative estimate of drug-likeness (QED) is 0.766. The van der Waals surface area contributed by atoms with Crippen molar-refractivity contribution in [2.75, 3.05) is 32.7 Å². The lowest BCUT2D eigenvalue weighted by Gasteiger charge is -2.35. The fourth-order valence-electron chi connectivity index (χ4n) is 1.89. The van der Waals surface area contributed by atoms with Crippen LogP contribution in [0.2, 0.25) is 0 Å². The van der Waals surface area contributed by atoms with Crippen molar-refractivity contribution in [3.8, 4) is 0 Å². The van der Waals surface area contributed by atoms with Crippen LogP contribution in [-0.4, -0.2) is 65.7 Å². The van der Waals surface area contributed by atoms with Gasteiger partial charge in [-0.2, -0.15) is 0 Å². The molecule has 1 fully saturated rings. The number of carbonyl (C=O) groups is 2. The second-order valence-corrected chi connectivity index (χ2v) is 4.79. The van der Waals surface area contributed by atoms with Gasteiger partial charge in [0.2, 0.25) is 0 Å². The lowest BCUT2D eigenvalue weighted by Crippen LogP contribution is -2.54. The molecule has 0 saturated carbocycles. The Bertz CT molecular complexity index is 301. The molecule has 104 valence electrons. The van der Waals surface area contributed by atoms with Crippen LogP contribution in [-0.2, 0) is 4.79 Å². The van der Waals surface area contributed by atoms with Crippen molar-refractivity contribution in [1.29, 1.82) is 0 Å². The molecule has 18 heavy (non-hydrogen) atoms. The Labute approximate surface area is 108 Å². The SMILES string of the molecule is CCN1CCN(C(=O)NC(C)C(C)C(=O)O)CC1. The molecule has 0 aromatic heterocycles. The first-order valence-electron chi connectivity index (χ1n) is 6.46. The smallest absolute Gasteiger partial charge is 0.317 e. The third-order valence-electron chi connectivity index (χ3n) is 3.60. The van der Waals surface area contributed by atoms with Crippen LogP contribution in [0.5, 0.6) is 0 Å². The number of nitrogens with one attached hydrogen (secondary N) is 1. The van der Waals surface area contributed by atoms with Gasteiger partial charge in [0.15, 0.2) is 0 Å². The molecule has 0 aliphatic carbocycles. The molecule has 0 aromatic rings. The molecule has 0 bridgehead atoms. The lowest BCUT2D eigenvalue weighted by molar-refractivity contribution is -0.141. The van der Waals surface area contributed by atoms with Gasteiger partial charge in [-0.25, -0.2) is 4.79 Å². The zero-order valence-electron chi connectivity index (χ0n) is 11.3. The Morgan fingerprint density at radius 3 is 2.22 bits per heavy atom. The largest absolute Gasteiger partial charge is 0.481 e. The Morgan fingerprint density at radius 2 is 1.78 bits per heavy atom. The van der Waals surface area contributed by atoms with E-state index in [1.807, 2.05) is 0 Å². The van der Waals surface area contributed by atoms with Gasteiger partial charge in [-0.15, -0.1) is 0 Å². The van der Waals surface area contributed by atoms with E-state index in [0.29, 0.717) is 13.1 Å². The molecule has 6 nitrogen and oxygen atoms in total. The van der Waals surface area contributed by atoms with Crippen molar-refractivity contribution < 1.29 is 14.7 Å². The molecule has 2 atom stereocenters. The van der Waals surface area contributed by atoms with Gasteiger partial charge in [0.25, 0.3) is 0 Å². The zero-order valence-corrected chi connectivity index (χ0v) is 11.3. The van der Waals surface area contributed by atoms with E-state index < -0.39 is 11.9 Å². The molecular weight excluding hydrogens is 234 g/mol. The van der Waals surface area contributed by atoms with Crippen LogP contribution < -0.4 is 5.32 Å². The summed E-state index contributed by atoms with van der Waals surface area (Å²) in [6.07, 6.45) is 0. The summed E-state index contributed by atoms with van der Waals surface area (Å²) in [4.78, 5) is 26.8. The highest BCUT2D eigenvalue weighted by Crippen LogP contribution is 2.05. The first-order chi connectivity index (χ1) is 8.45. The van der Waals surface area contributed by atoms with E-state index in [4.69, 9.17) is 5.11 Å². The number of aliphatic carboxylic acids is 1. The normalized spacial score (nSPS) is 20.3. The van der Waals surface area contributed by atoms with Gasteiger partial charge in [-0.05, 0) is 20.4 Å². The summed E-state index contributed by atoms with van der Waals surface area (Å²) in [7, 11) is 0. The van der Waals surface area contributed by atoms with E-state index >= 15 is 0 Å². The van der Waals surface area contributed by atoms with Gasteiger partial charge in [0.05, 0.1) is 5.92 Å². The number of nitrogens with zero attached hydrogens (tertiary/aromatic N) is 2. The van der Waals surface area contributed by atoms with E-state index in [1.165, 1.54) is 0 Å². The molecule has 1 rings (SSSR count). The maximum absolute atomic E-state index is 11.9. The van der Waals surface area contributed by atoms with Crippen molar-refractivity contribution in [2.45, 2.75) is 26.8 Å². The number of hydrogen-bond acceptors (Lipinski definition) is 3. The Hall–Kier alpha value is -1.30. The minimum atomic E-state index is -0.890. The second-order valence-electron chi connectivity index (χ2n) is 4.79. The van der Waals surface area contributed by atoms with Gasteiger partial charge in [0.1, 0.15) is 0 Å². The topological polar surface area (TPSA) is 72.9 Å². The molecule has 2 N–H and O–H groups in total. The Balaban J connectivity index is 2.39. The van der Waals surface area contributed by atoms with Gasteiger partial charge >= 0.3 is 12.0 Å². The van der Waals surface area contributed by atoms with Crippen LogP contribution >= 0.6 is 0 Å². The second kappa shape index (κ2) is 6.58.